The van der Waals surface area contributed by atoms with Gasteiger partial charge >= 0.3 is 25.7 Å². The van der Waals surface area contributed by atoms with Crippen LogP contribution in [-0.4, -0.2) is 59.9 Å². The Kier molecular flexibility index (Phi) is 36.9. The predicted molar refractivity (Wildman–Crippen MR) is 217 cm³/mol. The molecule has 0 aromatic carbocycles. The molecule has 0 bridgehead atoms. The summed E-state index contributed by atoms with van der Waals surface area (Å²) in [5.74, 6) is -2.38. The molecule has 0 aromatic rings. The number of ether oxygens (including phenoxy) is 2. The summed E-state index contributed by atoms with van der Waals surface area (Å²) in [5.41, 5.74) is 5.33. The Morgan fingerprint density at radius 1 is 0.556 bits per heavy atom. The number of esters is 2. The third-order valence-corrected chi connectivity index (χ3v) is 10.5. The largest absolute Gasteiger partial charge is 0.480 e. The maximum atomic E-state index is 12.6. The third-order valence-electron chi connectivity index (χ3n) is 9.51. The van der Waals surface area contributed by atoms with Crippen molar-refractivity contribution in [1.82, 2.24) is 0 Å². The van der Waals surface area contributed by atoms with Gasteiger partial charge < -0.3 is 25.2 Å². The quantitative estimate of drug-likeness (QED) is 0.0233. The van der Waals surface area contributed by atoms with Gasteiger partial charge in [-0.15, -0.1) is 0 Å². The molecule has 0 rings (SSSR count). The maximum Gasteiger partial charge on any atom is 0.472 e. The van der Waals surface area contributed by atoms with E-state index in [1.54, 1.807) is 0 Å². The molecule has 1 unspecified atom stereocenters. The van der Waals surface area contributed by atoms with Crippen LogP contribution in [0.4, 0.5) is 0 Å². The van der Waals surface area contributed by atoms with Crippen LogP contribution in [0.1, 0.15) is 206 Å². The highest BCUT2D eigenvalue weighted by Crippen LogP contribution is 2.43. The lowest BCUT2D eigenvalue weighted by Crippen LogP contribution is -2.34. The van der Waals surface area contributed by atoms with E-state index in [-0.39, 0.29) is 19.4 Å². The summed E-state index contributed by atoms with van der Waals surface area (Å²) in [6.45, 7) is 2.80. The molecule has 318 valence electrons. The minimum absolute atomic E-state index is 0.165. The summed E-state index contributed by atoms with van der Waals surface area (Å²) in [7, 11) is -4.71. The van der Waals surface area contributed by atoms with E-state index in [2.05, 4.69) is 30.5 Å². The average Bonchev–Trinajstić information content (AvgIpc) is 3.14. The lowest BCUT2D eigenvalue weighted by molar-refractivity contribution is -0.161. The Labute approximate surface area is 328 Å². The molecule has 11 nitrogen and oxygen atoms in total. The van der Waals surface area contributed by atoms with Gasteiger partial charge in [0.05, 0.1) is 13.2 Å². The van der Waals surface area contributed by atoms with E-state index in [9.17, 15) is 23.8 Å². The molecule has 0 saturated heterocycles. The normalized spacial score (nSPS) is 13.9. The zero-order chi connectivity index (χ0) is 40.0. The summed E-state index contributed by atoms with van der Waals surface area (Å²) in [6, 6.07) is -1.52. The van der Waals surface area contributed by atoms with Crippen LogP contribution < -0.4 is 5.73 Å². The van der Waals surface area contributed by atoms with Crippen molar-refractivity contribution in [2.75, 3.05) is 19.8 Å². The molecule has 0 saturated carbocycles. The van der Waals surface area contributed by atoms with Gasteiger partial charge in [-0.3, -0.25) is 23.4 Å². The predicted octanol–water partition coefficient (Wildman–Crippen LogP) is 11.3. The van der Waals surface area contributed by atoms with Gasteiger partial charge in [-0.25, -0.2) is 4.57 Å². The van der Waals surface area contributed by atoms with Crippen LogP contribution in [0.25, 0.3) is 0 Å². The van der Waals surface area contributed by atoms with Crippen molar-refractivity contribution in [3.05, 3.63) is 12.2 Å². The molecular weight excluding hydrogens is 709 g/mol. The van der Waals surface area contributed by atoms with Gasteiger partial charge in [0, 0.05) is 12.8 Å². The van der Waals surface area contributed by atoms with Crippen molar-refractivity contribution in [3.63, 3.8) is 0 Å². The van der Waals surface area contributed by atoms with E-state index in [0.29, 0.717) is 12.8 Å². The first-order valence-corrected chi connectivity index (χ1v) is 23.2. The van der Waals surface area contributed by atoms with Gasteiger partial charge in [-0.1, -0.05) is 167 Å². The number of allylic oxidation sites excluding steroid dienone is 2. The van der Waals surface area contributed by atoms with E-state index >= 15 is 0 Å². The minimum Gasteiger partial charge on any atom is -0.480 e. The monoisotopic (exact) mass is 790 g/mol. The summed E-state index contributed by atoms with van der Waals surface area (Å²) in [5, 5.41) is 8.88. The molecule has 0 radical (unpaired) electrons. The zero-order valence-corrected chi connectivity index (χ0v) is 35.2. The number of phosphoric ester groups is 1. The van der Waals surface area contributed by atoms with Crippen LogP contribution in [0.15, 0.2) is 12.2 Å². The van der Waals surface area contributed by atoms with Gasteiger partial charge in [-0.2, -0.15) is 0 Å². The van der Waals surface area contributed by atoms with Crippen LogP contribution >= 0.6 is 7.82 Å². The maximum absolute atomic E-state index is 12.6. The van der Waals surface area contributed by atoms with Gasteiger partial charge in [-0.05, 0) is 38.5 Å². The van der Waals surface area contributed by atoms with Crippen LogP contribution in [0, 0.1) is 0 Å². The van der Waals surface area contributed by atoms with Crippen molar-refractivity contribution >= 4 is 25.7 Å². The lowest BCUT2D eigenvalue weighted by atomic mass is 10.0. The second kappa shape index (κ2) is 38.1. The standard InChI is InChI=1S/C42H80NO10P/c1-3-5-7-9-11-13-15-17-18-19-20-22-24-26-28-30-32-34-41(45)53-38(36-51-54(48,49)52-37-39(43)42(46)47)35-50-40(44)33-31-29-27-25-23-21-16-14-12-10-8-6-4-2/h14,16,38-39H,3-13,15,17-37,43H2,1-2H3,(H,46,47)(H,48,49)/b16-14+/t38-,39+/m1/s1. The van der Waals surface area contributed by atoms with Gasteiger partial charge in [0.25, 0.3) is 0 Å². The topological polar surface area (TPSA) is 172 Å². The Morgan fingerprint density at radius 3 is 1.37 bits per heavy atom. The smallest absolute Gasteiger partial charge is 0.472 e. The van der Waals surface area contributed by atoms with Crippen molar-refractivity contribution in [1.29, 1.82) is 0 Å². The molecule has 0 aliphatic rings. The molecule has 0 heterocycles. The summed E-state index contributed by atoms with van der Waals surface area (Å²) < 4.78 is 32.7. The lowest BCUT2D eigenvalue weighted by Gasteiger charge is -2.20. The molecule has 4 N–H and O–H groups in total. The molecule has 0 aliphatic carbocycles. The van der Waals surface area contributed by atoms with E-state index in [4.69, 9.17) is 24.8 Å². The van der Waals surface area contributed by atoms with Crippen LogP contribution in [0.5, 0.6) is 0 Å². The number of carboxylic acid groups (broad SMARTS) is 1. The fraction of sp³-hybridized carbons (Fsp3) is 0.881. The number of hydrogen-bond acceptors (Lipinski definition) is 9. The van der Waals surface area contributed by atoms with Crippen molar-refractivity contribution in [2.24, 2.45) is 5.73 Å². The molecule has 12 heteroatoms. The summed E-state index contributed by atoms with van der Waals surface area (Å²) >= 11 is 0. The first-order chi connectivity index (χ1) is 26.1. The first kappa shape index (κ1) is 52.2. The number of aliphatic carboxylic acids is 1. The minimum atomic E-state index is -4.71. The molecule has 0 aliphatic heterocycles. The Bertz CT molecular complexity index is 979. The fourth-order valence-corrected chi connectivity index (χ4v) is 6.84. The molecule has 54 heavy (non-hydrogen) atoms. The fourth-order valence-electron chi connectivity index (χ4n) is 6.06. The van der Waals surface area contributed by atoms with E-state index in [1.807, 2.05) is 0 Å². The second-order valence-corrected chi connectivity index (χ2v) is 16.3. The number of rotatable bonds is 41. The van der Waals surface area contributed by atoms with Gasteiger partial charge in [0.15, 0.2) is 6.10 Å². The summed E-state index contributed by atoms with van der Waals surface area (Å²) in [6.07, 6.45) is 37.0. The zero-order valence-electron chi connectivity index (χ0n) is 34.3. The molecular formula is C42H80NO10P. The number of carbonyl (C=O) groups is 3. The highest BCUT2D eigenvalue weighted by atomic mass is 31.2. The van der Waals surface area contributed by atoms with E-state index < -0.39 is 51.1 Å². The van der Waals surface area contributed by atoms with Crippen molar-refractivity contribution in [3.8, 4) is 0 Å². The number of phosphoric acid groups is 1. The Morgan fingerprint density at radius 2 is 0.926 bits per heavy atom. The number of unbranched alkanes of at least 4 members (excludes halogenated alkanes) is 25. The molecule has 3 atom stereocenters. The van der Waals surface area contributed by atoms with E-state index in [1.165, 1.54) is 109 Å². The summed E-state index contributed by atoms with van der Waals surface area (Å²) in [4.78, 5) is 45.9. The number of carboxylic acids is 1. The van der Waals surface area contributed by atoms with Gasteiger partial charge in [0.2, 0.25) is 0 Å². The van der Waals surface area contributed by atoms with Crippen LogP contribution in [-0.2, 0) is 37.5 Å². The van der Waals surface area contributed by atoms with Crippen molar-refractivity contribution in [2.45, 2.75) is 219 Å². The molecule has 0 spiro atoms. The number of hydrogen-bond donors (Lipinski definition) is 3. The van der Waals surface area contributed by atoms with Gasteiger partial charge in [0.1, 0.15) is 12.6 Å². The Balaban J connectivity index is 4.33. The second-order valence-electron chi connectivity index (χ2n) is 14.8. The highest BCUT2D eigenvalue weighted by Gasteiger charge is 2.28. The molecule has 0 aromatic heterocycles. The first-order valence-electron chi connectivity index (χ1n) is 21.7. The third kappa shape index (κ3) is 37.2. The average molecular weight is 790 g/mol. The van der Waals surface area contributed by atoms with Crippen LogP contribution in [0.2, 0.25) is 0 Å². The van der Waals surface area contributed by atoms with Crippen molar-refractivity contribution < 1.29 is 47.5 Å². The molecule has 0 amide bonds. The van der Waals surface area contributed by atoms with Crippen LogP contribution in [0.3, 0.4) is 0 Å². The highest BCUT2D eigenvalue weighted by molar-refractivity contribution is 7.47. The Hall–Kier alpha value is -1.78. The number of nitrogens with two attached hydrogens (primary N) is 1. The SMILES string of the molecule is CCCCCC/C=C/CCCCCCCC(=O)OC[C@H](COP(=O)(O)OC[C@H](N)C(=O)O)OC(=O)CCCCCCCCCCCCCCCCCCC. The van der Waals surface area contributed by atoms with E-state index in [0.717, 1.165) is 57.8 Å². The number of carbonyl (C=O) groups excluding carboxylic acids is 2. The molecule has 0 fully saturated rings.